The molecule has 5 heteroatoms. The molecule has 88 valence electrons. The van der Waals surface area contributed by atoms with Crippen LogP contribution in [0, 0.1) is 5.82 Å². The van der Waals surface area contributed by atoms with Gasteiger partial charge in [0, 0.05) is 12.6 Å². The number of halogens is 1. The molecular weight excluding hydrogens is 213 g/mol. The zero-order valence-electron chi connectivity index (χ0n) is 9.00. The van der Waals surface area contributed by atoms with Crippen molar-refractivity contribution in [2.75, 3.05) is 13.7 Å². The van der Waals surface area contributed by atoms with Gasteiger partial charge in [-0.1, -0.05) is 0 Å². The number of hydrogen-bond donors (Lipinski definition) is 2. The van der Waals surface area contributed by atoms with Crippen molar-refractivity contribution >= 4 is 5.91 Å². The minimum Gasteiger partial charge on any atom is -0.493 e. The predicted octanol–water partition coefficient (Wildman–Crippen LogP) is 0.833. The van der Waals surface area contributed by atoms with Gasteiger partial charge in [0.15, 0.2) is 0 Å². The number of hydrogen-bond acceptors (Lipinski definition) is 3. The van der Waals surface area contributed by atoms with Crippen molar-refractivity contribution in [2.45, 2.75) is 13.0 Å². The number of amides is 1. The van der Waals surface area contributed by atoms with Crippen LogP contribution in [-0.4, -0.2) is 24.7 Å². The summed E-state index contributed by atoms with van der Waals surface area (Å²) in [5, 5.41) is 11.4. The molecule has 0 unspecified atom stereocenters. The molecule has 0 fully saturated rings. The molecule has 0 radical (unpaired) electrons. The Kier molecular flexibility index (Phi) is 4.72. The fraction of sp³-hybridized carbons (Fsp3) is 0.364. The summed E-state index contributed by atoms with van der Waals surface area (Å²) in [6.45, 7) is -0.106. The Balaban J connectivity index is 2.56. The lowest BCUT2D eigenvalue weighted by Crippen LogP contribution is -2.20. The van der Waals surface area contributed by atoms with Crippen molar-refractivity contribution in [3.05, 3.63) is 29.6 Å². The Morgan fingerprint density at radius 3 is 2.94 bits per heavy atom. The van der Waals surface area contributed by atoms with Gasteiger partial charge in [0.1, 0.15) is 11.6 Å². The first kappa shape index (κ1) is 12.4. The molecule has 0 bridgehead atoms. The maximum Gasteiger partial charge on any atom is 0.223 e. The van der Waals surface area contributed by atoms with Crippen LogP contribution in [0.4, 0.5) is 4.39 Å². The topological polar surface area (TPSA) is 58.6 Å². The average molecular weight is 227 g/mol. The zero-order valence-corrected chi connectivity index (χ0v) is 9.00. The van der Waals surface area contributed by atoms with Gasteiger partial charge in [-0.3, -0.25) is 4.79 Å². The molecule has 0 saturated heterocycles. The van der Waals surface area contributed by atoms with Gasteiger partial charge >= 0.3 is 0 Å². The molecule has 0 spiro atoms. The molecule has 0 aromatic heterocycles. The highest BCUT2D eigenvalue weighted by Gasteiger charge is 2.05. The van der Waals surface area contributed by atoms with Crippen LogP contribution >= 0.6 is 0 Å². The molecule has 1 aromatic rings. The molecule has 1 amide bonds. The first-order valence-electron chi connectivity index (χ1n) is 4.90. The minimum absolute atomic E-state index is 0.132. The Hall–Kier alpha value is -1.62. The summed E-state index contributed by atoms with van der Waals surface area (Å²) >= 11 is 0. The molecule has 1 rings (SSSR count). The van der Waals surface area contributed by atoms with E-state index < -0.39 is 5.82 Å². The van der Waals surface area contributed by atoms with Crippen molar-refractivity contribution in [2.24, 2.45) is 0 Å². The van der Waals surface area contributed by atoms with Gasteiger partial charge in [0.2, 0.25) is 5.91 Å². The molecule has 0 heterocycles. The first-order chi connectivity index (χ1) is 7.67. The number of carbonyl (C=O) groups excluding carboxylic acids is 1. The van der Waals surface area contributed by atoms with E-state index in [0.29, 0.717) is 11.3 Å². The number of aliphatic hydroxyl groups is 1. The number of carbonyl (C=O) groups is 1. The van der Waals surface area contributed by atoms with Gasteiger partial charge < -0.3 is 15.2 Å². The number of benzene rings is 1. The van der Waals surface area contributed by atoms with E-state index in [-0.39, 0.29) is 25.5 Å². The van der Waals surface area contributed by atoms with E-state index in [0.717, 1.165) is 0 Å². The molecular formula is C11H14FNO3. The second-order valence-corrected chi connectivity index (χ2v) is 3.18. The third kappa shape index (κ3) is 3.51. The van der Waals surface area contributed by atoms with E-state index in [2.05, 4.69) is 5.32 Å². The quantitative estimate of drug-likeness (QED) is 0.783. The van der Waals surface area contributed by atoms with Crippen LogP contribution in [0.5, 0.6) is 5.75 Å². The fourth-order valence-corrected chi connectivity index (χ4v) is 1.19. The lowest BCUT2D eigenvalue weighted by Gasteiger charge is -2.09. The highest BCUT2D eigenvalue weighted by molar-refractivity contribution is 5.75. The van der Waals surface area contributed by atoms with Gasteiger partial charge in [-0.15, -0.1) is 0 Å². The summed E-state index contributed by atoms with van der Waals surface area (Å²) in [6.07, 6.45) is 0.221. The van der Waals surface area contributed by atoms with Crippen molar-refractivity contribution in [1.29, 1.82) is 0 Å². The Bertz CT molecular complexity index is 368. The molecule has 0 saturated carbocycles. The first-order valence-corrected chi connectivity index (χ1v) is 4.90. The molecule has 0 atom stereocenters. The molecule has 1 aromatic carbocycles. The summed E-state index contributed by atoms with van der Waals surface area (Å²) in [5.74, 6) is -0.164. The van der Waals surface area contributed by atoms with E-state index in [1.54, 1.807) is 7.05 Å². The zero-order chi connectivity index (χ0) is 12.0. The van der Waals surface area contributed by atoms with E-state index >= 15 is 0 Å². The summed E-state index contributed by atoms with van der Waals surface area (Å²) in [4.78, 5) is 10.9. The maximum atomic E-state index is 12.8. The minimum atomic E-state index is -0.428. The van der Waals surface area contributed by atoms with E-state index in [1.807, 2.05) is 0 Å². The van der Waals surface area contributed by atoms with Crippen LogP contribution in [0.3, 0.4) is 0 Å². The fourth-order valence-electron chi connectivity index (χ4n) is 1.19. The lowest BCUT2D eigenvalue weighted by molar-refractivity contribution is -0.121. The van der Waals surface area contributed by atoms with Crippen LogP contribution in [0.2, 0.25) is 0 Å². The van der Waals surface area contributed by atoms with E-state index in [9.17, 15) is 9.18 Å². The van der Waals surface area contributed by atoms with Gasteiger partial charge in [0.05, 0.1) is 19.6 Å². The summed E-state index contributed by atoms with van der Waals surface area (Å²) < 4.78 is 18.1. The number of ether oxygens (including phenoxy) is 1. The van der Waals surface area contributed by atoms with Crippen LogP contribution in [0.15, 0.2) is 18.2 Å². The Morgan fingerprint density at radius 1 is 1.56 bits per heavy atom. The predicted molar refractivity (Wildman–Crippen MR) is 56.5 cm³/mol. The number of aliphatic hydroxyl groups excluding tert-OH is 1. The highest BCUT2D eigenvalue weighted by Crippen LogP contribution is 2.19. The summed E-state index contributed by atoms with van der Waals surface area (Å²) in [6, 6.07) is 3.88. The maximum absolute atomic E-state index is 12.8. The standard InChI is InChI=1S/C11H14FNO3/c1-13-11(15)4-5-16-10-3-2-9(12)6-8(10)7-14/h2-3,6,14H,4-5,7H2,1H3,(H,13,15). The largest absolute Gasteiger partial charge is 0.493 e. The van der Waals surface area contributed by atoms with Crippen LogP contribution in [-0.2, 0) is 11.4 Å². The van der Waals surface area contributed by atoms with Crippen molar-refractivity contribution in [1.82, 2.24) is 5.32 Å². The van der Waals surface area contributed by atoms with Crippen molar-refractivity contribution in [3.63, 3.8) is 0 Å². The van der Waals surface area contributed by atoms with E-state index in [1.165, 1.54) is 18.2 Å². The highest BCUT2D eigenvalue weighted by atomic mass is 19.1. The summed E-state index contributed by atoms with van der Waals surface area (Å²) in [5.41, 5.74) is 0.372. The van der Waals surface area contributed by atoms with Crippen LogP contribution < -0.4 is 10.1 Å². The average Bonchev–Trinajstić information content (AvgIpc) is 2.30. The molecule has 0 aliphatic heterocycles. The molecule has 2 N–H and O–H groups in total. The van der Waals surface area contributed by atoms with Gasteiger partial charge in [-0.2, -0.15) is 0 Å². The Morgan fingerprint density at radius 2 is 2.31 bits per heavy atom. The number of nitrogens with one attached hydrogen (secondary N) is 1. The third-order valence-electron chi connectivity index (χ3n) is 2.06. The molecule has 0 aliphatic rings. The van der Waals surface area contributed by atoms with Gasteiger partial charge in [-0.25, -0.2) is 4.39 Å². The third-order valence-corrected chi connectivity index (χ3v) is 2.06. The van der Waals surface area contributed by atoms with Gasteiger partial charge in [-0.05, 0) is 18.2 Å². The number of rotatable bonds is 5. The molecule has 16 heavy (non-hydrogen) atoms. The smallest absolute Gasteiger partial charge is 0.223 e. The van der Waals surface area contributed by atoms with E-state index in [4.69, 9.17) is 9.84 Å². The SMILES string of the molecule is CNC(=O)CCOc1ccc(F)cc1CO. The second-order valence-electron chi connectivity index (χ2n) is 3.18. The normalized spacial score (nSPS) is 9.94. The summed E-state index contributed by atoms with van der Waals surface area (Å²) in [7, 11) is 1.54. The van der Waals surface area contributed by atoms with Crippen LogP contribution in [0.1, 0.15) is 12.0 Å². The van der Waals surface area contributed by atoms with Crippen LogP contribution in [0.25, 0.3) is 0 Å². The van der Waals surface area contributed by atoms with Crippen molar-refractivity contribution < 1.29 is 19.0 Å². The van der Waals surface area contributed by atoms with Crippen molar-refractivity contribution in [3.8, 4) is 5.75 Å². The monoisotopic (exact) mass is 227 g/mol. The lowest BCUT2D eigenvalue weighted by atomic mass is 10.2. The molecule has 0 aliphatic carbocycles. The Labute approximate surface area is 93.0 Å². The second kappa shape index (κ2) is 6.07. The van der Waals surface area contributed by atoms with Gasteiger partial charge in [0.25, 0.3) is 0 Å². The molecule has 4 nitrogen and oxygen atoms in total.